The van der Waals surface area contributed by atoms with Crippen LogP contribution in [-0.4, -0.2) is 32.2 Å². The number of hydrogen-bond donors (Lipinski definition) is 1. The molecule has 0 amide bonds. The largest absolute Gasteiger partial charge is 0.463 e. The molecule has 2 rings (SSSR count). The molecule has 2 heterocycles. The van der Waals surface area contributed by atoms with Crippen LogP contribution < -0.4 is 5.69 Å². The molecular formula is C10H10N4O3. The Kier molecular flexibility index (Phi) is 2.99. The third kappa shape index (κ3) is 2.22. The Morgan fingerprint density at radius 2 is 2.47 bits per heavy atom. The zero-order valence-corrected chi connectivity index (χ0v) is 9.08. The van der Waals surface area contributed by atoms with E-state index in [1.807, 2.05) is 0 Å². The van der Waals surface area contributed by atoms with Gasteiger partial charge in [-0.15, -0.1) is 0 Å². The Balaban J connectivity index is 2.34. The summed E-state index contributed by atoms with van der Waals surface area (Å²) in [7, 11) is 0. The van der Waals surface area contributed by atoms with Gasteiger partial charge in [-0.2, -0.15) is 9.61 Å². The monoisotopic (exact) mass is 234 g/mol. The zero-order chi connectivity index (χ0) is 12.3. The minimum atomic E-state index is -0.448. The summed E-state index contributed by atoms with van der Waals surface area (Å²) in [5.74, 6) is -0.448. The SMILES string of the molecule is CCOC(=O)C=Cc1cnn2c(=O)[nH]cnc12. The normalized spacial score (nSPS) is 11.1. The minimum absolute atomic E-state index is 0.315. The van der Waals surface area contributed by atoms with Crippen LogP contribution >= 0.6 is 0 Å². The molecule has 2 aromatic heterocycles. The van der Waals surface area contributed by atoms with Gasteiger partial charge in [-0.25, -0.2) is 14.6 Å². The summed E-state index contributed by atoms with van der Waals surface area (Å²) in [5, 5.41) is 3.85. The molecule has 0 aliphatic carbocycles. The van der Waals surface area contributed by atoms with Crippen molar-refractivity contribution < 1.29 is 9.53 Å². The average Bonchev–Trinajstić information content (AvgIpc) is 2.72. The first-order chi connectivity index (χ1) is 8.22. The fourth-order valence-electron chi connectivity index (χ4n) is 1.31. The van der Waals surface area contributed by atoms with Crippen LogP contribution in [0.4, 0.5) is 0 Å². The third-order valence-electron chi connectivity index (χ3n) is 2.02. The highest BCUT2D eigenvalue weighted by Crippen LogP contribution is 2.06. The number of nitrogens with one attached hydrogen (secondary N) is 1. The molecule has 0 unspecified atom stereocenters. The van der Waals surface area contributed by atoms with Crippen molar-refractivity contribution in [2.75, 3.05) is 6.61 Å². The first-order valence-electron chi connectivity index (χ1n) is 4.98. The number of H-pyrrole nitrogens is 1. The van der Waals surface area contributed by atoms with Gasteiger partial charge < -0.3 is 4.74 Å². The van der Waals surface area contributed by atoms with Crippen LogP contribution in [0, 0.1) is 0 Å². The van der Waals surface area contributed by atoms with E-state index >= 15 is 0 Å². The molecule has 0 radical (unpaired) electrons. The number of carbonyl (C=O) groups excluding carboxylic acids is 1. The highest BCUT2D eigenvalue weighted by Gasteiger charge is 2.04. The van der Waals surface area contributed by atoms with E-state index in [1.165, 1.54) is 24.7 Å². The van der Waals surface area contributed by atoms with Crippen molar-refractivity contribution in [1.29, 1.82) is 0 Å². The molecule has 0 atom stereocenters. The topological polar surface area (TPSA) is 89.3 Å². The Morgan fingerprint density at radius 1 is 1.65 bits per heavy atom. The Hall–Kier alpha value is -2.44. The molecule has 17 heavy (non-hydrogen) atoms. The summed E-state index contributed by atoms with van der Waals surface area (Å²) in [6.07, 6.45) is 5.50. The molecule has 2 aromatic rings. The van der Waals surface area contributed by atoms with Crippen molar-refractivity contribution in [3.05, 3.63) is 34.6 Å². The maximum absolute atomic E-state index is 11.3. The summed E-state index contributed by atoms with van der Waals surface area (Å²) in [4.78, 5) is 28.8. The van der Waals surface area contributed by atoms with E-state index < -0.39 is 5.97 Å². The van der Waals surface area contributed by atoms with Gasteiger partial charge in [0.1, 0.15) is 0 Å². The molecule has 0 saturated carbocycles. The molecule has 0 aliphatic heterocycles. The average molecular weight is 234 g/mol. The number of aromatic amines is 1. The molecule has 0 bridgehead atoms. The Morgan fingerprint density at radius 3 is 3.24 bits per heavy atom. The number of aromatic nitrogens is 4. The predicted octanol–water partition coefficient (Wildman–Crippen LogP) is -0.00610. The molecule has 1 N–H and O–H groups in total. The smallest absolute Gasteiger partial charge is 0.349 e. The van der Waals surface area contributed by atoms with Gasteiger partial charge in [0.05, 0.1) is 19.1 Å². The molecule has 7 heteroatoms. The highest BCUT2D eigenvalue weighted by molar-refractivity contribution is 5.88. The number of ether oxygens (including phenoxy) is 1. The lowest BCUT2D eigenvalue weighted by Crippen LogP contribution is -2.17. The number of nitrogens with zero attached hydrogens (tertiary/aromatic N) is 3. The van der Waals surface area contributed by atoms with E-state index in [1.54, 1.807) is 6.92 Å². The summed E-state index contributed by atoms with van der Waals surface area (Å²) >= 11 is 0. The first-order valence-corrected chi connectivity index (χ1v) is 4.98. The fourth-order valence-corrected chi connectivity index (χ4v) is 1.31. The second-order valence-corrected chi connectivity index (χ2v) is 3.13. The molecule has 0 aromatic carbocycles. The fraction of sp³-hybridized carbons (Fsp3) is 0.200. The second kappa shape index (κ2) is 4.60. The van der Waals surface area contributed by atoms with Gasteiger partial charge in [0.25, 0.3) is 0 Å². The van der Waals surface area contributed by atoms with Crippen molar-refractivity contribution in [2.24, 2.45) is 0 Å². The number of carbonyl (C=O) groups is 1. The van der Waals surface area contributed by atoms with E-state index in [-0.39, 0.29) is 5.69 Å². The van der Waals surface area contributed by atoms with Crippen molar-refractivity contribution in [3.63, 3.8) is 0 Å². The zero-order valence-electron chi connectivity index (χ0n) is 9.08. The summed E-state index contributed by atoms with van der Waals surface area (Å²) in [6.45, 7) is 2.04. The molecule has 0 saturated heterocycles. The first kappa shape index (κ1) is 11.1. The van der Waals surface area contributed by atoms with E-state index in [9.17, 15) is 9.59 Å². The van der Waals surface area contributed by atoms with Gasteiger partial charge >= 0.3 is 11.7 Å². The van der Waals surface area contributed by atoms with E-state index in [0.29, 0.717) is 17.8 Å². The maximum atomic E-state index is 11.3. The molecule has 0 spiro atoms. The third-order valence-corrected chi connectivity index (χ3v) is 2.02. The van der Waals surface area contributed by atoms with Crippen LogP contribution in [-0.2, 0) is 9.53 Å². The number of rotatable bonds is 3. The molecule has 0 fully saturated rings. The van der Waals surface area contributed by atoms with Crippen molar-refractivity contribution in [1.82, 2.24) is 19.6 Å². The lowest BCUT2D eigenvalue weighted by atomic mass is 10.3. The number of fused-ring (bicyclic) bond motifs is 1. The number of esters is 1. The van der Waals surface area contributed by atoms with Crippen LogP contribution in [0.3, 0.4) is 0 Å². The van der Waals surface area contributed by atoms with Crippen molar-refractivity contribution in [3.8, 4) is 0 Å². The predicted molar refractivity (Wildman–Crippen MR) is 59.3 cm³/mol. The van der Waals surface area contributed by atoms with Gasteiger partial charge in [0.2, 0.25) is 0 Å². The molecule has 7 nitrogen and oxygen atoms in total. The Bertz CT molecular complexity index is 626. The second-order valence-electron chi connectivity index (χ2n) is 3.13. The van der Waals surface area contributed by atoms with Crippen LogP contribution in [0.1, 0.15) is 12.5 Å². The molecule has 0 aliphatic rings. The maximum Gasteiger partial charge on any atom is 0.349 e. The van der Waals surface area contributed by atoms with Crippen LogP contribution in [0.15, 0.2) is 23.4 Å². The summed E-state index contributed by atoms with van der Waals surface area (Å²) in [5.41, 5.74) is 0.573. The summed E-state index contributed by atoms with van der Waals surface area (Å²) < 4.78 is 5.85. The van der Waals surface area contributed by atoms with Gasteiger partial charge in [0, 0.05) is 11.6 Å². The minimum Gasteiger partial charge on any atom is -0.463 e. The molecule has 88 valence electrons. The Labute approximate surface area is 95.7 Å². The van der Waals surface area contributed by atoms with Gasteiger partial charge in [0.15, 0.2) is 5.65 Å². The quantitative estimate of drug-likeness (QED) is 0.596. The lowest BCUT2D eigenvalue weighted by Gasteiger charge is -1.94. The van der Waals surface area contributed by atoms with Gasteiger partial charge in [-0.3, -0.25) is 4.98 Å². The van der Waals surface area contributed by atoms with Crippen LogP contribution in [0.25, 0.3) is 11.7 Å². The standard InChI is InChI=1S/C10H10N4O3/c1-2-17-8(15)4-3-7-5-13-14-9(7)11-6-12-10(14)16/h3-6H,2H2,1H3,(H,11,12,16). The van der Waals surface area contributed by atoms with Crippen molar-refractivity contribution >= 4 is 17.7 Å². The van der Waals surface area contributed by atoms with Crippen LogP contribution in [0.2, 0.25) is 0 Å². The van der Waals surface area contributed by atoms with Crippen molar-refractivity contribution in [2.45, 2.75) is 6.92 Å². The van der Waals surface area contributed by atoms with Gasteiger partial charge in [-0.1, -0.05) is 0 Å². The summed E-state index contributed by atoms with van der Waals surface area (Å²) in [6, 6.07) is 0. The molecular weight excluding hydrogens is 224 g/mol. The number of hydrogen-bond acceptors (Lipinski definition) is 5. The highest BCUT2D eigenvalue weighted by atomic mass is 16.5. The van der Waals surface area contributed by atoms with E-state index in [0.717, 1.165) is 4.52 Å². The van der Waals surface area contributed by atoms with E-state index in [4.69, 9.17) is 4.74 Å². The van der Waals surface area contributed by atoms with E-state index in [2.05, 4.69) is 15.1 Å². The lowest BCUT2D eigenvalue weighted by molar-refractivity contribution is -0.137. The van der Waals surface area contributed by atoms with Crippen LogP contribution in [0.5, 0.6) is 0 Å². The van der Waals surface area contributed by atoms with Gasteiger partial charge in [-0.05, 0) is 13.0 Å².